The molecule has 1 nitrogen and oxygen atoms in total. The Morgan fingerprint density at radius 2 is 1.52 bits per heavy atom. The van der Waals surface area contributed by atoms with E-state index in [9.17, 15) is 4.39 Å². The van der Waals surface area contributed by atoms with Crippen molar-refractivity contribution in [1.29, 1.82) is 5.26 Å². The molecule has 2 aliphatic rings. The minimum absolute atomic E-state index is 0.287. The molecular weight excluding hydrogens is 333 g/mol. The van der Waals surface area contributed by atoms with Crippen molar-refractivity contribution in [2.24, 2.45) is 17.8 Å². The number of nitriles is 1. The first-order valence-electron chi connectivity index (χ1n) is 11.0. The lowest BCUT2D eigenvalue weighted by Gasteiger charge is -2.31. The molecule has 2 aliphatic carbocycles. The van der Waals surface area contributed by atoms with Gasteiger partial charge in [0, 0.05) is 0 Å². The standard InChI is InChI=1S/C25H34FN/c1-2-19-9-13-23(14-10-19)24-15-11-21(12-16-24)4-3-20-5-7-22(8-6-20)17-25(26)18-27/h9-10,13-14,17,20-22,24H,2-8,11-12,15-16H2,1H3/t20-,21-,22-,24-. The summed E-state index contributed by atoms with van der Waals surface area (Å²) >= 11 is 0. The molecule has 0 aliphatic heterocycles. The molecule has 0 saturated heterocycles. The van der Waals surface area contributed by atoms with Gasteiger partial charge in [0.15, 0.2) is 5.83 Å². The average molecular weight is 368 g/mol. The number of halogens is 1. The fourth-order valence-electron chi connectivity index (χ4n) is 5.17. The monoisotopic (exact) mass is 367 g/mol. The molecule has 0 radical (unpaired) electrons. The number of aryl methyl sites for hydroxylation is 1. The second kappa shape index (κ2) is 10.1. The zero-order valence-corrected chi connectivity index (χ0v) is 16.8. The minimum Gasteiger partial charge on any atom is -0.195 e. The van der Waals surface area contributed by atoms with Crippen LogP contribution in [0.5, 0.6) is 0 Å². The maximum Gasteiger partial charge on any atom is 0.196 e. The quantitative estimate of drug-likeness (QED) is 0.478. The summed E-state index contributed by atoms with van der Waals surface area (Å²) in [6, 6.07) is 10.9. The van der Waals surface area contributed by atoms with E-state index in [1.54, 1.807) is 17.7 Å². The van der Waals surface area contributed by atoms with Gasteiger partial charge in [0.25, 0.3) is 0 Å². The molecule has 0 N–H and O–H groups in total. The topological polar surface area (TPSA) is 23.8 Å². The zero-order chi connectivity index (χ0) is 19.1. The highest BCUT2D eigenvalue weighted by Crippen LogP contribution is 2.40. The summed E-state index contributed by atoms with van der Waals surface area (Å²) in [6.45, 7) is 2.22. The van der Waals surface area contributed by atoms with Crippen LogP contribution >= 0.6 is 0 Å². The molecule has 3 rings (SSSR count). The fraction of sp³-hybridized carbons (Fsp3) is 0.640. The Bertz CT molecular complexity index is 638. The molecule has 0 amide bonds. The van der Waals surface area contributed by atoms with Crippen molar-refractivity contribution in [2.75, 3.05) is 0 Å². The van der Waals surface area contributed by atoms with Crippen LogP contribution in [0.2, 0.25) is 0 Å². The van der Waals surface area contributed by atoms with E-state index in [-0.39, 0.29) is 5.92 Å². The van der Waals surface area contributed by atoms with Gasteiger partial charge in [-0.3, -0.25) is 0 Å². The summed E-state index contributed by atoms with van der Waals surface area (Å²) in [5.74, 6) is 2.18. The van der Waals surface area contributed by atoms with E-state index in [1.165, 1.54) is 56.9 Å². The molecule has 27 heavy (non-hydrogen) atoms. The predicted octanol–water partition coefficient (Wildman–Crippen LogP) is 7.49. The second-order valence-corrected chi connectivity index (χ2v) is 8.80. The maximum absolute atomic E-state index is 13.1. The maximum atomic E-state index is 13.1. The highest BCUT2D eigenvalue weighted by atomic mass is 19.1. The summed E-state index contributed by atoms with van der Waals surface area (Å²) in [5.41, 5.74) is 2.98. The van der Waals surface area contributed by atoms with Crippen LogP contribution in [0.1, 0.15) is 88.2 Å². The van der Waals surface area contributed by atoms with Crippen LogP contribution in [-0.2, 0) is 6.42 Å². The molecule has 0 heterocycles. The van der Waals surface area contributed by atoms with Gasteiger partial charge in [-0.15, -0.1) is 0 Å². The van der Waals surface area contributed by atoms with E-state index in [0.29, 0.717) is 0 Å². The lowest BCUT2D eigenvalue weighted by atomic mass is 9.74. The molecule has 2 saturated carbocycles. The first kappa shape index (κ1) is 20.1. The van der Waals surface area contributed by atoms with E-state index in [2.05, 4.69) is 31.2 Å². The van der Waals surface area contributed by atoms with Crippen LogP contribution < -0.4 is 0 Å². The van der Waals surface area contributed by atoms with E-state index >= 15 is 0 Å². The van der Waals surface area contributed by atoms with Crippen LogP contribution in [0.4, 0.5) is 4.39 Å². The second-order valence-electron chi connectivity index (χ2n) is 8.80. The Labute approximate surface area is 164 Å². The molecule has 146 valence electrons. The molecule has 1 aromatic rings. The third-order valence-electron chi connectivity index (χ3n) is 7.07. The first-order valence-corrected chi connectivity index (χ1v) is 11.0. The Balaban J connectivity index is 1.36. The molecule has 0 spiro atoms. The van der Waals surface area contributed by atoms with Gasteiger partial charge < -0.3 is 0 Å². The molecule has 0 bridgehead atoms. The molecule has 1 aromatic carbocycles. The Morgan fingerprint density at radius 1 is 0.963 bits per heavy atom. The lowest BCUT2D eigenvalue weighted by Crippen LogP contribution is -2.17. The first-order chi connectivity index (χ1) is 13.2. The van der Waals surface area contributed by atoms with Crippen molar-refractivity contribution in [3.63, 3.8) is 0 Å². The number of hydrogen-bond donors (Lipinski definition) is 0. The third kappa shape index (κ3) is 5.93. The van der Waals surface area contributed by atoms with Crippen molar-refractivity contribution < 1.29 is 4.39 Å². The van der Waals surface area contributed by atoms with Gasteiger partial charge in [-0.2, -0.15) is 9.65 Å². The van der Waals surface area contributed by atoms with Crippen molar-refractivity contribution in [2.45, 2.75) is 83.5 Å². The van der Waals surface area contributed by atoms with E-state index in [0.717, 1.165) is 37.0 Å². The van der Waals surface area contributed by atoms with Crippen LogP contribution in [-0.4, -0.2) is 0 Å². The highest BCUT2D eigenvalue weighted by Gasteiger charge is 2.25. The molecule has 2 fully saturated rings. The van der Waals surface area contributed by atoms with Gasteiger partial charge in [0.1, 0.15) is 6.07 Å². The fourth-order valence-corrected chi connectivity index (χ4v) is 5.17. The predicted molar refractivity (Wildman–Crippen MR) is 110 cm³/mol. The van der Waals surface area contributed by atoms with E-state index < -0.39 is 5.83 Å². The van der Waals surface area contributed by atoms with Crippen LogP contribution in [0.3, 0.4) is 0 Å². The summed E-state index contributed by atoms with van der Waals surface area (Å²) in [5, 5.41) is 8.57. The molecular formula is C25H34FN. The van der Waals surface area contributed by atoms with Gasteiger partial charge in [-0.05, 0) is 98.7 Å². The SMILES string of the molecule is CCc1ccc([C@H]2CC[C@H](CC[C@H]3CC[C@H](C=C(F)C#N)CC3)CC2)cc1. The normalized spacial score (nSPS) is 29.3. The number of nitrogens with zero attached hydrogens (tertiary/aromatic N) is 1. The number of benzene rings is 1. The number of allylic oxidation sites excluding steroid dienone is 2. The summed E-state index contributed by atoms with van der Waals surface area (Å²) in [6.07, 6.45) is 15.4. The lowest BCUT2D eigenvalue weighted by molar-refractivity contribution is 0.245. The smallest absolute Gasteiger partial charge is 0.195 e. The molecule has 0 unspecified atom stereocenters. The molecule has 0 aromatic heterocycles. The Morgan fingerprint density at radius 3 is 2.04 bits per heavy atom. The Hall–Kier alpha value is -1.62. The van der Waals surface area contributed by atoms with E-state index in [1.807, 2.05) is 0 Å². The van der Waals surface area contributed by atoms with Crippen LogP contribution in [0.15, 0.2) is 36.2 Å². The van der Waals surface area contributed by atoms with Gasteiger partial charge in [-0.1, -0.05) is 44.0 Å². The number of rotatable bonds is 6. The van der Waals surface area contributed by atoms with Crippen molar-refractivity contribution >= 4 is 0 Å². The average Bonchev–Trinajstić information content (AvgIpc) is 2.73. The zero-order valence-electron chi connectivity index (χ0n) is 16.8. The minimum atomic E-state index is -0.598. The van der Waals surface area contributed by atoms with Gasteiger partial charge in [0.05, 0.1) is 0 Å². The summed E-state index contributed by atoms with van der Waals surface area (Å²) in [4.78, 5) is 0. The third-order valence-corrected chi connectivity index (χ3v) is 7.07. The summed E-state index contributed by atoms with van der Waals surface area (Å²) in [7, 11) is 0. The van der Waals surface area contributed by atoms with Gasteiger partial charge in [0.2, 0.25) is 0 Å². The number of hydrogen-bond acceptors (Lipinski definition) is 1. The van der Waals surface area contributed by atoms with Crippen molar-refractivity contribution in [3.8, 4) is 6.07 Å². The molecule has 0 atom stereocenters. The Kier molecular flexibility index (Phi) is 7.50. The summed E-state index contributed by atoms with van der Waals surface area (Å²) < 4.78 is 13.1. The van der Waals surface area contributed by atoms with Gasteiger partial charge in [-0.25, -0.2) is 0 Å². The van der Waals surface area contributed by atoms with Crippen molar-refractivity contribution in [3.05, 3.63) is 47.3 Å². The van der Waals surface area contributed by atoms with Crippen LogP contribution in [0.25, 0.3) is 0 Å². The van der Waals surface area contributed by atoms with Gasteiger partial charge >= 0.3 is 0 Å². The largest absolute Gasteiger partial charge is 0.196 e. The molecule has 2 heteroatoms. The van der Waals surface area contributed by atoms with E-state index in [4.69, 9.17) is 5.26 Å². The van der Waals surface area contributed by atoms with Crippen molar-refractivity contribution in [1.82, 2.24) is 0 Å². The van der Waals surface area contributed by atoms with Crippen LogP contribution in [0, 0.1) is 29.1 Å². The highest BCUT2D eigenvalue weighted by molar-refractivity contribution is 5.25.